The number of likely N-dealkylation sites (tertiary alicyclic amines) is 1. The van der Waals surface area contributed by atoms with Gasteiger partial charge < -0.3 is 25.6 Å². The number of benzene rings is 2. The minimum atomic E-state index is -1.30. The Labute approximate surface area is 197 Å². The molecule has 2 saturated heterocycles. The van der Waals surface area contributed by atoms with E-state index in [1.54, 1.807) is 60.4 Å². The van der Waals surface area contributed by atoms with Crippen LogP contribution in [0.15, 0.2) is 48.5 Å². The van der Waals surface area contributed by atoms with Crippen LogP contribution in [-0.4, -0.2) is 60.4 Å². The third kappa shape index (κ3) is 4.52. The van der Waals surface area contributed by atoms with Crippen LogP contribution in [0.2, 0.25) is 0 Å². The Morgan fingerprint density at radius 3 is 2.24 bits per heavy atom. The zero-order valence-electron chi connectivity index (χ0n) is 19.1. The molecule has 2 aromatic rings. The summed E-state index contributed by atoms with van der Waals surface area (Å²) in [7, 11) is 1.54. The first-order valence-corrected chi connectivity index (χ1v) is 11.1. The molecule has 2 aliphatic heterocycles. The first-order chi connectivity index (χ1) is 16.3. The lowest BCUT2D eigenvalue weighted by Gasteiger charge is -2.22. The summed E-state index contributed by atoms with van der Waals surface area (Å²) >= 11 is 0. The van der Waals surface area contributed by atoms with E-state index in [1.165, 1.54) is 7.11 Å². The summed E-state index contributed by atoms with van der Waals surface area (Å²) in [5, 5.41) is 8.19. The molecule has 2 fully saturated rings. The van der Waals surface area contributed by atoms with Gasteiger partial charge in [0.15, 0.2) is 0 Å². The summed E-state index contributed by atoms with van der Waals surface area (Å²) in [6.07, 6.45) is 1.93. The van der Waals surface area contributed by atoms with Crippen LogP contribution in [0, 0.1) is 0 Å². The highest BCUT2D eigenvalue weighted by Crippen LogP contribution is 2.30. The number of para-hydroxylation sites is 2. The van der Waals surface area contributed by atoms with Crippen molar-refractivity contribution in [3.8, 4) is 5.75 Å². The predicted octanol–water partition coefficient (Wildman–Crippen LogP) is 2.73. The third-order valence-electron chi connectivity index (χ3n) is 6.08. The lowest BCUT2D eigenvalue weighted by molar-refractivity contribution is -0.133. The van der Waals surface area contributed by atoms with Gasteiger partial charge in [0, 0.05) is 13.1 Å². The van der Waals surface area contributed by atoms with Gasteiger partial charge in [-0.15, -0.1) is 0 Å². The number of nitrogens with one attached hydrogen (secondary N) is 3. The van der Waals surface area contributed by atoms with Crippen molar-refractivity contribution in [2.24, 2.45) is 0 Å². The van der Waals surface area contributed by atoms with Crippen LogP contribution in [0.3, 0.4) is 0 Å². The standard InChI is InChI=1S/C24H27N5O5/c1-24(16-9-11-17(34-2)12-10-16)21(31)29(23(33)27-24)15-20(30)25-18-7-3-4-8-19(18)26-22(32)28-13-5-6-14-28/h3-4,7-12H,5-6,13-15H2,1-2H3,(H,25,30)(H,26,32)(H,27,33). The molecule has 10 heteroatoms. The summed E-state index contributed by atoms with van der Waals surface area (Å²) in [5.74, 6) is -0.477. The average molecular weight is 466 g/mol. The molecule has 0 radical (unpaired) electrons. The second-order valence-corrected chi connectivity index (χ2v) is 8.39. The molecule has 2 aromatic carbocycles. The molecular formula is C24H27N5O5. The molecule has 10 nitrogen and oxygen atoms in total. The van der Waals surface area contributed by atoms with E-state index in [0.717, 1.165) is 17.7 Å². The van der Waals surface area contributed by atoms with Crippen LogP contribution in [0.5, 0.6) is 5.75 Å². The molecule has 0 saturated carbocycles. The largest absolute Gasteiger partial charge is 0.497 e. The van der Waals surface area contributed by atoms with Crippen LogP contribution in [-0.2, 0) is 15.1 Å². The molecule has 178 valence electrons. The highest BCUT2D eigenvalue weighted by Gasteiger charge is 2.49. The fraction of sp³-hybridized carbons (Fsp3) is 0.333. The molecule has 2 aliphatic rings. The summed E-state index contributed by atoms with van der Waals surface area (Å²) in [6, 6.07) is 12.7. The number of carbonyl (C=O) groups is 4. The Morgan fingerprint density at radius 1 is 1.00 bits per heavy atom. The van der Waals surface area contributed by atoms with Crippen molar-refractivity contribution in [2.75, 3.05) is 37.4 Å². The lowest BCUT2D eigenvalue weighted by atomic mass is 9.92. The van der Waals surface area contributed by atoms with E-state index in [2.05, 4.69) is 16.0 Å². The van der Waals surface area contributed by atoms with Gasteiger partial charge in [0.1, 0.15) is 17.8 Å². The monoisotopic (exact) mass is 465 g/mol. The number of methoxy groups -OCH3 is 1. The van der Waals surface area contributed by atoms with Gasteiger partial charge >= 0.3 is 12.1 Å². The van der Waals surface area contributed by atoms with Gasteiger partial charge in [0.2, 0.25) is 5.91 Å². The maximum atomic E-state index is 13.1. The van der Waals surface area contributed by atoms with Gasteiger partial charge in [-0.3, -0.25) is 14.5 Å². The Hall–Kier alpha value is -4.08. The van der Waals surface area contributed by atoms with Gasteiger partial charge in [0.05, 0.1) is 18.5 Å². The molecule has 0 aromatic heterocycles. The Bertz CT molecular complexity index is 1110. The van der Waals surface area contributed by atoms with Crippen LogP contribution in [0.25, 0.3) is 0 Å². The van der Waals surface area contributed by atoms with Gasteiger partial charge in [-0.25, -0.2) is 9.59 Å². The summed E-state index contributed by atoms with van der Waals surface area (Å²) < 4.78 is 5.14. The number of hydrogen-bond donors (Lipinski definition) is 3. The zero-order chi connectivity index (χ0) is 24.3. The molecule has 2 heterocycles. The number of carbonyl (C=O) groups excluding carboxylic acids is 4. The fourth-order valence-corrected chi connectivity index (χ4v) is 4.11. The van der Waals surface area contributed by atoms with E-state index in [4.69, 9.17) is 4.74 Å². The first-order valence-electron chi connectivity index (χ1n) is 11.1. The molecule has 3 N–H and O–H groups in total. The molecule has 34 heavy (non-hydrogen) atoms. The number of ether oxygens (including phenoxy) is 1. The Balaban J connectivity index is 1.43. The molecule has 1 atom stereocenters. The molecule has 0 spiro atoms. The molecule has 0 aliphatic carbocycles. The van der Waals surface area contributed by atoms with Crippen LogP contribution in [0.4, 0.5) is 21.0 Å². The Morgan fingerprint density at radius 2 is 1.62 bits per heavy atom. The summed E-state index contributed by atoms with van der Waals surface area (Å²) in [4.78, 5) is 53.5. The average Bonchev–Trinajstić information content (AvgIpc) is 3.44. The van der Waals surface area contributed by atoms with E-state index < -0.39 is 29.9 Å². The van der Waals surface area contributed by atoms with Gasteiger partial charge in [-0.05, 0) is 49.6 Å². The topological polar surface area (TPSA) is 120 Å². The molecule has 4 rings (SSSR count). The van der Waals surface area contributed by atoms with E-state index in [0.29, 0.717) is 35.8 Å². The van der Waals surface area contributed by atoms with Crippen LogP contribution < -0.4 is 20.7 Å². The van der Waals surface area contributed by atoms with Crippen LogP contribution in [0.1, 0.15) is 25.3 Å². The van der Waals surface area contributed by atoms with E-state index in [1.807, 2.05) is 0 Å². The quantitative estimate of drug-likeness (QED) is 0.567. The Kier molecular flexibility index (Phi) is 6.40. The van der Waals surface area contributed by atoms with E-state index in [9.17, 15) is 19.2 Å². The maximum Gasteiger partial charge on any atom is 0.325 e. The number of urea groups is 2. The minimum absolute atomic E-state index is 0.233. The maximum absolute atomic E-state index is 13.1. The van der Waals surface area contributed by atoms with Crippen molar-refractivity contribution in [1.29, 1.82) is 0 Å². The predicted molar refractivity (Wildman–Crippen MR) is 125 cm³/mol. The number of rotatable bonds is 6. The SMILES string of the molecule is COc1ccc(C2(C)NC(=O)N(CC(=O)Nc3ccccc3NC(=O)N3CCCC3)C2=O)cc1. The molecule has 0 bridgehead atoms. The first kappa shape index (κ1) is 23.1. The van der Waals surface area contributed by atoms with Crippen molar-refractivity contribution in [1.82, 2.24) is 15.1 Å². The number of nitrogens with zero attached hydrogens (tertiary/aromatic N) is 2. The van der Waals surface area contributed by atoms with E-state index in [-0.39, 0.29) is 6.03 Å². The number of imide groups is 1. The van der Waals surface area contributed by atoms with Gasteiger partial charge in [-0.2, -0.15) is 0 Å². The van der Waals surface area contributed by atoms with Crippen molar-refractivity contribution >= 4 is 35.3 Å². The minimum Gasteiger partial charge on any atom is -0.497 e. The summed E-state index contributed by atoms with van der Waals surface area (Å²) in [5.41, 5.74) is 0.0909. The number of hydrogen-bond acceptors (Lipinski definition) is 5. The second kappa shape index (κ2) is 9.42. The molecule has 6 amide bonds. The molecule has 1 unspecified atom stereocenters. The smallest absolute Gasteiger partial charge is 0.325 e. The zero-order valence-corrected chi connectivity index (χ0v) is 19.1. The highest BCUT2D eigenvalue weighted by atomic mass is 16.5. The van der Waals surface area contributed by atoms with E-state index >= 15 is 0 Å². The van der Waals surface area contributed by atoms with Crippen molar-refractivity contribution < 1.29 is 23.9 Å². The van der Waals surface area contributed by atoms with Crippen molar-refractivity contribution in [3.63, 3.8) is 0 Å². The lowest BCUT2D eigenvalue weighted by Crippen LogP contribution is -2.42. The fourth-order valence-electron chi connectivity index (χ4n) is 4.11. The normalized spacial score (nSPS) is 19.7. The van der Waals surface area contributed by atoms with Gasteiger partial charge in [-0.1, -0.05) is 24.3 Å². The van der Waals surface area contributed by atoms with Crippen LogP contribution >= 0.6 is 0 Å². The number of anilines is 2. The van der Waals surface area contributed by atoms with Gasteiger partial charge in [0.25, 0.3) is 5.91 Å². The molecular weight excluding hydrogens is 438 g/mol. The highest BCUT2D eigenvalue weighted by molar-refractivity contribution is 6.10. The van der Waals surface area contributed by atoms with Crippen molar-refractivity contribution in [2.45, 2.75) is 25.3 Å². The summed E-state index contributed by atoms with van der Waals surface area (Å²) in [6.45, 7) is 2.51. The second-order valence-electron chi connectivity index (χ2n) is 8.39. The number of amides is 6. The van der Waals surface area contributed by atoms with Crippen molar-refractivity contribution in [3.05, 3.63) is 54.1 Å². The third-order valence-corrected chi connectivity index (χ3v) is 6.08.